The highest BCUT2D eigenvalue weighted by Crippen LogP contribution is 2.20. The van der Waals surface area contributed by atoms with Crippen LogP contribution in [0.5, 0.6) is 0 Å². The Labute approximate surface area is 152 Å². The van der Waals surface area contributed by atoms with Crippen molar-refractivity contribution >= 4 is 17.7 Å². The van der Waals surface area contributed by atoms with E-state index < -0.39 is 0 Å². The second-order valence-corrected chi connectivity index (χ2v) is 6.87. The van der Waals surface area contributed by atoms with Gasteiger partial charge in [-0.15, -0.1) is 10.2 Å². The molecule has 1 atom stereocenters. The third-order valence-electron chi connectivity index (χ3n) is 4.05. The van der Waals surface area contributed by atoms with E-state index in [1.165, 1.54) is 29.3 Å². The number of pyridine rings is 1. The minimum atomic E-state index is -0.00845. The predicted octanol–water partition coefficient (Wildman–Crippen LogP) is 2.48. The first kappa shape index (κ1) is 19.2. The van der Waals surface area contributed by atoms with Crippen molar-refractivity contribution in [2.75, 3.05) is 18.1 Å². The third-order valence-corrected chi connectivity index (χ3v) is 4.99. The molecule has 0 aliphatic carbocycles. The number of nitrogens with zero attached hydrogens (tertiary/aromatic N) is 4. The molecule has 0 saturated heterocycles. The van der Waals surface area contributed by atoms with Crippen molar-refractivity contribution in [1.82, 2.24) is 25.2 Å². The zero-order valence-corrected chi connectivity index (χ0v) is 15.6. The number of unbranched alkanes of at least 4 members (excludes halogenated alkanes) is 1. The zero-order valence-electron chi connectivity index (χ0n) is 14.8. The molecule has 0 spiro atoms. The Bertz CT molecular complexity index is 660. The lowest BCUT2D eigenvalue weighted by atomic mass is 9.99. The largest absolute Gasteiger partial charge is 0.355 e. The van der Waals surface area contributed by atoms with Crippen LogP contribution in [0.3, 0.4) is 0 Å². The van der Waals surface area contributed by atoms with Gasteiger partial charge in [0, 0.05) is 24.5 Å². The van der Waals surface area contributed by atoms with Crippen LogP contribution in [-0.2, 0) is 4.79 Å². The monoisotopic (exact) mass is 362 g/mol. The second-order valence-electron chi connectivity index (χ2n) is 5.93. The number of nitrogens with two attached hydrogens (primary N) is 1. The molecular weight excluding hydrogens is 336 g/mol. The van der Waals surface area contributed by atoms with E-state index in [2.05, 4.69) is 34.3 Å². The molecule has 0 aliphatic heterocycles. The molecule has 0 unspecified atom stereocenters. The van der Waals surface area contributed by atoms with Crippen molar-refractivity contribution in [1.29, 1.82) is 0 Å². The van der Waals surface area contributed by atoms with Crippen LogP contribution < -0.4 is 11.2 Å². The summed E-state index contributed by atoms with van der Waals surface area (Å²) < 4.78 is 1.39. The molecule has 2 rings (SSSR count). The molecule has 2 aromatic heterocycles. The lowest BCUT2D eigenvalue weighted by Crippen LogP contribution is -2.30. The first-order valence-corrected chi connectivity index (χ1v) is 9.64. The number of nitrogens with one attached hydrogen (secondary N) is 1. The molecule has 0 bridgehead atoms. The standard InChI is InChI=1S/C17H26N6OS/c1-3-5-7-13(4-2)10-20-15(24)12-25-17-22-21-16(23(17)18)14-8-6-9-19-11-14/h6,8-9,11,13H,3-5,7,10,12,18H2,1-2H3,(H,20,24)/t13-/m0/s1. The summed E-state index contributed by atoms with van der Waals surface area (Å²) in [6, 6.07) is 3.68. The van der Waals surface area contributed by atoms with Gasteiger partial charge < -0.3 is 11.2 Å². The highest BCUT2D eigenvalue weighted by Gasteiger charge is 2.14. The van der Waals surface area contributed by atoms with E-state index in [0.717, 1.165) is 24.9 Å². The average molecular weight is 363 g/mol. The number of nitrogen functional groups attached to an aromatic ring is 1. The van der Waals surface area contributed by atoms with Crippen LogP contribution in [0.4, 0.5) is 0 Å². The molecule has 25 heavy (non-hydrogen) atoms. The Hall–Kier alpha value is -2.09. The maximum Gasteiger partial charge on any atom is 0.230 e. The number of hydrogen-bond donors (Lipinski definition) is 2. The number of carbonyl (C=O) groups is 1. The summed E-state index contributed by atoms with van der Waals surface area (Å²) in [7, 11) is 0. The third kappa shape index (κ3) is 5.74. The zero-order chi connectivity index (χ0) is 18.1. The Balaban J connectivity index is 1.83. The lowest BCUT2D eigenvalue weighted by molar-refractivity contribution is -0.118. The van der Waals surface area contributed by atoms with Crippen molar-refractivity contribution in [2.45, 2.75) is 44.7 Å². The maximum atomic E-state index is 12.1. The fourth-order valence-corrected chi connectivity index (χ4v) is 3.14. The van der Waals surface area contributed by atoms with E-state index in [4.69, 9.17) is 5.84 Å². The number of carbonyl (C=O) groups excluding carboxylic acids is 1. The van der Waals surface area contributed by atoms with E-state index >= 15 is 0 Å². The number of aromatic nitrogens is 4. The van der Waals surface area contributed by atoms with Gasteiger partial charge in [0.25, 0.3) is 0 Å². The summed E-state index contributed by atoms with van der Waals surface area (Å²) >= 11 is 1.28. The van der Waals surface area contributed by atoms with Crippen molar-refractivity contribution in [3.05, 3.63) is 24.5 Å². The van der Waals surface area contributed by atoms with E-state index in [1.807, 2.05) is 12.1 Å². The minimum Gasteiger partial charge on any atom is -0.355 e. The van der Waals surface area contributed by atoms with Gasteiger partial charge >= 0.3 is 0 Å². The van der Waals surface area contributed by atoms with E-state index in [9.17, 15) is 4.79 Å². The molecule has 0 aromatic carbocycles. The van der Waals surface area contributed by atoms with Crippen molar-refractivity contribution in [3.63, 3.8) is 0 Å². The highest BCUT2D eigenvalue weighted by atomic mass is 32.2. The Morgan fingerprint density at radius 3 is 2.92 bits per heavy atom. The first-order valence-electron chi connectivity index (χ1n) is 8.66. The molecule has 1 amide bonds. The molecule has 2 aromatic rings. The van der Waals surface area contributed by atoms with Crippen LogP contribution in [-0.4, -0.2) is 38.1 Å². The molecule has 8 heteroatoms. The van der Waals surface area contributed by atoms with Gasteiger partial charge in [-0.1, -0.05) is 44.9 Å². The normalized spacial score (nSPS) is 12.1. The molecule has 3 N–H and O–H groups in total. The van der Waals surface area contributed by atoms with Gasteiger partial charge in [0.1, 0.15) is 0 Å². The van der Waals surface area contributed by atoms with Crippen molar-refractivity contribution in [3.8, 4) is 11.4 Å². The van der Waals surface area contributed by atoms with Gasteiger partial charge in [-0.2, -0.15) is 0 Å². The molecule has 0 saturated carbocycles. The quantitative estimate of drug-likeness (QED) is 0.498. The summed E-state index contributed by atoms with van der Waals surface area (Å²) in [5.74, 6) is 7.37. The smallest absolute Gasteiger partial charge is 0.230 e. The number of hydrogen-bond acceptors (Lipinski definition) is 6. The van der Waals surface area contributed by atoms with Crippen LogP contribution >= 0.6 is 11.8 Å². The van der Waals surface area contributed by atoms with Gasteiger partial charge in [-0.25, -0.2) is 4.68 Å². The SMILES string of the molecule is CCCC[C@H](CC)CNC(=O)CSc1nnc(-c2cccnc2)n1N. The Morgan fingerprint density at radius 2 is 2.24 bits per heavy atom. The number of rotatable bonds is 10. The van der Waals surface area contributed by atoms with Crippen LogP contribution in [0.15, 0.2) is 29.7 Å². The summed E-state index contributed by atoms with van der Waals surface area (Å²) in [6.07, 6.45) is 7.99. The molecule has 0 fully saturated rings. The average Bonchev–Trinajstić information content (AvgIpc) is 3.01. The summed E-state index contributed by atoms with van der Waals surface area (Å²) in [6.45, 7) is 5.08. The van der Waals surface area contributed by atoms with Crippen LogP contribution in [0.1, 0.15) is 39.5 Å². The van der Waals surface area contributed by atoms with Gasteiger partial charge in [-0.05, 0) is 24.5 Å². The fourth-order valence-electron chi connectivity index (χ4n) is 2.45. The predicted molar refractivity (Wildman–Crippen MR) is 100 cm³/mol. The molecule has 2 heterocycles. The summed E-state index contributed by atoms with van der Waals surface area (Å²) in [4.78, 5) is 16.1. The van der Waals surface area contributed by atoms with Crippen molar-refractivity contribution < 1.29 is 4.79 Å². The topological polar surface area (TPSA) is 98.7 Å². The molecular formula is C17H26N6OS. The Kier molecular flexibility index (Phi) is 7.72. The number of amides is 1. The van der Waals surface area contributed by atoms with Gasteiger partial charge in [-0.3, -0.25) is 9.78 Å². The summed E-state index contributed by atoms with van der Waals surface area (Å²) in [5, 5.41) is 11.6. The minimum absolute atomic E-state index is 0.00845. The molecule has 0 radical (unpaired) electrons. The van der Waals surface area contributed by atoms with E-state index in [1.54, 1.807) is 12.4 Å². The molecule has 0 aliphatic rings. The maximum absolute atomic E-state index is 12.1. The second kappa shape index (κ2) is 10.0. The lowest BCUT2D eigenvalue weighted by Gasteiger charge is -2.15. The highest BCUT2D eigenvalue weighted by molar-refractivity contribution is 7.99. The Morgan fingerprint density at radius 1 is 1.40 bits per heavy atom. The molecule has 7 nitrogen and oxygen atoms in total. The van der Waals surface area contributed by atoms with Crippen LogP contribution in [0.2, 0.25) is 0 Å². The van der Waals surface area contributed by atoms with Crippen LogP contribution in [0, 0.1) is 5.92 Å². The fraction of sp³-hybridized carbons (Fsp3) is 0.529. The van der Waals surface area contributed by atoms with E-state index in [0.29, 0.717) is 16.9 Å². The van der Waals surface area contributed by atoms with E-state index in [-0.39, 0.29) is 11.7 Å². The molecule has 136 valence electrons. The first-order chi connectivity index (χ1) is 12.2. The van der Waals surface area contributed by atoms with Gasteiger partial charge in [0.05, 0.1) is 5.75 Å². The van der Waals surface area contributed by atoms with Gasteiger partial charge in [0.15, 0.2) is 5.82 Å². The van der Waals surface area contributed by atoms with Crippen LogP contribution in [0.25, 0.3) is 11.4 Å². The summed E-state index contributed by atoms with van der Waals surface area (Å²) in [5.41, 5.74) is 0.788. The van der Waals surface area contributed by atoms with Gasteiger partial charge in [0.2, 0.25) is 11.1 Å². The van der Waals surface area contributed by atoms with Crippen molar-refractivity contribution in [2.24, 2.45) is 5.92 Å². The number of thioether (sulfide) groups is 1.